The molecule has 0 radical (unpaired) electrons. The van der Waals surface area contributed by atoms with Gasteiger partial charge in [0.25, 0.3) is 0 Å². The molecule has 0 aliphatic rings. The molecule has 1 rings (SSSR count). The smallest absolute Gasteiger partial charge is 0.346 e. The number of alkyl halides is 1. The SMILES string of the molecule is CC(C)c1cccc(C(C)C)c1OC(=O)[C@H](F)CCN(C)C.Cl. The lowest BCUT2D eigenvalue weighted by atomic mass is 9.94. The van der Waals surface area contributed by atoms with Crippen molar-refractivity contribution in [2.75, 3.05) is 20.6 Å². The van der Waals surface area contributed by atoms with E-state index in [9.17, 15) is 9.18 Å². The second kappa shape index (κ2) is 9.89. The zero-order chi connectivity index (χ0) is 16.9. The first-order valence-electron chi connectivity index (χ1n) is 7.87. The van der Waals surface area contributed by atoms with E-state index in [0.717, 1.165) is 11.1 Å². The van der Waals surface area contributed by atoms with Crippen LogP contribution < -0.4 is 4.74 Å². The highest BCUT2D eigenvalue weighted by atomic mass is 35.5. The van der Waals surface area contributed by atoms with Crippen molar-refractivity contribution in [2.45, 2.75) is 52.1 Å². The number of ether oxygens (including phenoxy) is 1. The molecule has 0 bridgehead atoms. The molecule has 0 spiro atoms. The lowest BCUT2D eigenvalue weighted by Crippen LogP contribution is -2.27. The highest BCUT2D eigenvalue weighted by Gasteiger charge is 2.24. The number of carbonyl (C=O) groups is 1. The second-order valence-corrected chi connectivity index (χ2v) is 6.56. The van der Waals surface area contributed by atoms with E-state index in [0.29, 0.717) is 12.3 Å². The van der Waals surface area contributed by atoms with Crippen LogP contribution in [0.3, 0.4) is 0 Å². The molecular weight excluding hydrogens is 317 g/mol. The minimum absolute atomic E-state index is 0. The van der Waals surface area contributed by atoms with E-state index in [1.165, 1.54) is 0 Å². The number of hydrogen-bond acceptors (Lipinski definition) is 3. The van der Waals surface area contributed by atoms with Crippen LogP contribution in [-0.4, -0.2) is 37.7 Å². The predicted octanol–water partition coefficient (Wildman–Crippen LogP) is 4.55. The molecule has 132 valence electrons. The van der Waals surface area contributed by atoms with Crippen LogP contribution in [0.25, 0.3) is 0 Å². The summed E-state index contributed by atoms with van der Waals surface area (Å²) in [6.07, 6.45) is -1.45. The number of rotatable bonds is 7. The molecule has 3 nitrogen and oxygen atoms in total. The zero-order valence-corrected chi connectivity index (χ0v) is 15.7. The summed E-state index contributed by atoms with van der Waals surface area (Å²) in [4.78, 5) is 13.9. The molecular formula is C18H29ClFNO2. The summed E-state index contributed by atoms with van der Waals surface area (Å²) in [5.74, 6) is 0.157. The van der Waals surface area contributed by atoms with E-state index < -0.39 is 12.1 Å². The van der Waals surface area contributed by atoms with E-state index >= 15 is 0 Å². The molecule has 0 saturated heterocycles. The Hall–Kier alpha value is -1.13. The molecule has 0 aromatic heterocycles. The maximum atomic E-state index is 14.0. The third-order valence-corrected chi connectivity index (χ3v) is 3.61. The molecule has 1 atom stereocenters. The van der Waals surface area contributed by atoms with E-state index in [1.54, 1.807) is 0 Å². The highest BCUT2D eigenvalue weighted by molar-refractivity contribution is 5.85. The van der Waals surface area contributed by atoms with Crippen molar-refractivity contribution < 1.29 is 13.9 Å². The average Bonchev–Trinajstić information content (AvgIpc) is 2.44. The fourth-order valence-corrected chi connectivity index (χ4v) is 2.25. The average molecular weight is 346 g/mol. The van der Waals surface area contributed by atoms with Gasteiger partial charge in [0.1, 0.15) is 5.75 Å². The van der Waals surface area contributed by atoms with Crippen LogP contribution in [0.1, 0.15) is 57.1 Å². The van der Waals surface area contributed by atoms with Gasteiger partial charge in [0, 0.05) is 13.0 Å². The van der Waals surface area contributed by atoms with Gasteiger partial charge in [-0.1, -0.05) is 45.9 Å². The zero-order valence-electron chi connectivity index (χ0n) is 14.9. The van der Waals surface area contributed by atoms with Crippen molar-refractivity contribution >= 4 is 18.4 Å². The topological polar surface area (TPSA) is 29.5 Å². The Morgan fingerprint density at radius 3 is 2.00 bits per heavy atom. The number of halogens is 2. The third kappa shape index (κ3) is 6.48. The molecule has 23 heavy (non-hydrogen) atoms. The van der Waals surface area contributed by atoms with Gasteiger partial charge in [-0.15, -0.1) is 12.4 Å². The van der Waals surface area contributed by atoms with Crippen molar-refractivity contribution in [1.82, 2.24) is 4.90 Å². The molecule has 0 amide bonds. The standard InChI is InChI=1S/C18H28FNO2.ClH/c1-12(2)14-8-7-9-15(13(3)4)17(14)22-18(21)16(19)10-11-20(5)6;/h7-9,12-13,16H,10-11H2,1-6H3;1H/t16-;/m1./s1. The molecule has 1 aromatic rings. The largest absolute Gasteiger partial charge is 0.424 e. The van der Waals surface area contributed by atoms with Crippen molar-refractivity contribution in [3.63, 3.8) is 0 Å². The Labute approximate surface area is 145 Å². The summed E-state index contributed by atoms with van der Waals surface area (Å²) in [7, 11) is 3.70. The molecule has 5 heteroatoms. The van der Waals surface area contributed by atoms with Gasteiger partial charge < -0.3 is 9.64 Å². The lowest BCUT2D eigenvalue weighted by molar-refractivity contribution is -0.140. The molecule has 0 unspecified atom stereocenters. The Kier molecular flexibility index (Phi) is 9.40. The Balaban J connectivity index is 0.00000484. The molecule has 0 N–H and O–H groups in total. The van der Waals surface area contributed by atoms with E-state index in [-0.39, 0.29) is 30.7 Å². The Morgan fingerprint density at radius 2 is 1.61 bits per heavy atom. The fraction of sp³-hybridized carbons (Fsp3) is 0.611. The monoisotopic (exact) mass is 345 g/mol. The van der Waals surface area contributed by atoms with Gasteiger partial charge in [-0.3, -0.25) is 0 Å². The minimum atomic E-state index is -1.59. The van der Waals surface area contributed by atoms with E-state index in [2.05, 4.69) is 0 Å². The van der Waals surface area contributed by atoms with E-state index in [4.69, 9.17) is 4.74 Å². The molecule has 0 heterocycles. The third-order valence-electron chi connectivity index (χ3n) is 3.61. The first kappa shape index (κ1) is 21.9. The van der Waals surface area contributed by atoms with Gasteiger partial charge in [-0.2, -0.15) is 0 Å². The first-order valence-corrected chi connectivity index (χ1v) is 7.87. The summed E-state index contributed by atoms with van der Waals surface area (Å²) in [6.45, 7) is 8.66. The van der Waals surface area contributed by atoms with Gasteiger partial charge in [-0.25, -0.2) is 9.18 Å². The number of para-hydroxylation sites is 1. The second-order valence-electron chi connectivity index (χ2n) is 6.56. The van der Waals surface area contributed by atoms with Crippen molar-refractivity contribution in [3.8, 4) is 5.75 Å². The fourth-order valence-electron chi connectivity index (χ4n) is 2.25. The molecule has 0 fully saturated rings. The van der Waals surface area contributed by atoms with Gasteiger partial charge >= 0.3 is 5.97 Å². The van der Waals surface area contributed by atoms with Crippen LogP contribution in [0.4, 0.5) is 4.39 Å². The Morgan fingerprint density at radius 1 is 1.13 bits per heavy atom. The summed E-state index contributed by atoms with van der Waals surface area (Å²) >= 11 is 0. The quantitative estimate of drug-likeness (QED) is 0.536. The maximum absolute atomic E-state index is 14.0. The van der Waals surface area contributed by atoms with Crippen LogP contribution in [-0.2, 0) is 4.79 Å². The molecule has 0 aliphatic heterocycles. The van der Waals surface area contributed by atoms with Crippen LogP contribution in [0.2, 0.25) is 0 Å². The summed E-state index contributed by atoms with van der Waals surface area (Å²) in [6, 6.07) is 5.83. The van der Waals surface area contributed by atoms with Crippen LogP contribution in [0.15, 0.2) is 18.2 Å². The van der Waals surface area contributed by atoms with Crippen LogP contribution >= 0.6 is 12.4 Å². The van der Waals surface area contributed by atoms with Crippen LogP contribution in [0.5, 0.6) is 5.75 Å². The van der Waals surface area contributed by atoms with Gasteiger partial charge in [-0.05, 0) is 37.1 Å². The predicted molar refractivity (Wildman–Crippen MR) is 95.6 cm³/mol. The number of benzene rings is 1. The van der Waals surface area contributed by atoms with Crippen molar-refractivity contribution in [3.05, 3.63) is 29.3 Å². The number of esters is 1. The molecule has 1 aromatic carbocycles. The maximum Gasteiger partial charge on any atom is 0.346 e. The summed E-state index contributed by atoms with van der Waals surface area (Å²) < 4.78 is 19.5. The first-order chi connectivity index (χ1) is 10.2. The summed E-state index contributed by atoms with van der Waals surface area (Å²) in [5.41, 5.74) is 1.89. The van der Waals surface area contributed by atoms with Crippen molar-refractivity contribution in [1.29, 1.82) is 0 Å². The normalized spacial score (nSPS) is 12.4. The van der Waals surface area contributed by atoms with Crippen molar-refractivity contribution in [2.24, 2.45) is 0 Å². The number of nitrogens with zero attached hydrogens (tertiary/aromatic N) is 1. The summed E-state index contributed by atoms with van der Waals surface area (Å²) in [5, 5.41) is 0. The van der Waals surface area contributed by atoms with Gasteiger partial charge in [0.15, 0.2) is 6.17 Å². The lowest BCUT2D eigenvalue weighted by Gasteiger charge is -2.20. The molecule has 0 aliphatic carbocycles. The van der Waals surface area contributed by atoms with E-state index in [1.807, 2.05) is 64.9 Å². The number of carbonyl (C=O) groups excluding carboxylic acids is 1. The van der Waals surface area contributed by atoms with Gasteiger partial charge in [0.05, 0.1) is 0 Å². The minimum Gasteiger partial charge on any atom is -0.424 e. The molecule has 0 saturated carbocycles. The number of hydrogen-bond donors (Lipinski definition) is 0. The highest BCUT2D eigenvalue weighted by Crippen LogP contribution is 2.34. The van der Waals surface area contributed by atoms with Gasteiger partial charge in [0.2, 0.25) is 0 Å². The van der Waals surface area contributed by atoms with Crippen LogP contribution in [0, 0.1) is 0 Å². The Bertz CT molecular complexity index is 478.